The van der Waals surface area contributed by atoms with Crippen LogP contribution in [0.1, 0.15) is 31.1 Å². The molecule has 3 heteroatoms. The zero-order chi connectivity index (χ0) is 14.8. The summed E-state index contributed by atoms with van der Waals surface area (Å²) in [5, 5.41) is 4.87. The maximum absolute atomic E-state index is 4.40. The molecular formula is C18H21N3. The first kappa shape index (κ1) is 13.7. The third-order valence-electron chi connectivity index (χ3n) is 3.89. The highest BCUT2D eigenvalue weighted by molar-refractivity contribution is 5.85. The SMILES string of the molecule is Cc1[nH]c2ccccc2c1C(Nc1ccccn1)C(C)C. The number of rotatable bonds is 4. The van der Waals surface area contributed by atoms with E-state index in [2.05, 4.69) is 60.3 Å². The van der Waals surface area contributed by atoms with Gasteiger partial charge in [0, 0.05) is 28.4 Å². The summed E-state index contributed by atoms with van der Waals surface area (Å²) >= 11 is 0. The molecule has 3 nitrogen and oxygen atoms in total. The molecule has 0 bridgehead atoms. The van der Waals surface area contributed by atoms with Gasteiger partial charge >= 0.3 is 0 Å². The molecule has 0 fully saturated rings. The van der Waals surface area contributed by atoms with Gasteiger partial charge in [-0.1, -0.05) is 38.1 Å². The van der Waals surface area contributed by atoms with Gasteiger partial charge in [-0.25, -0.2) is 4.98 Å². The molecule has 108 valence electrons. The van der Waals surface area contributed by atoms with Crippen molar-refractivity contribution in [2.24, 2.45) is 5.92 Å². The minimum atomic E-state index is 0.232. The summed E-state index contributed by atoms with van der Waals surface area (Å²) in [6, 6.07) is 14.7. The lowest BCUT2D eigenvalue weighted by Crippen LogP contribution is -2.18. The molecule has 1 aromatic carbocycles. The summed E-state index contributed by atoms with van der Waals surface area (Å²) in [5.41, 5.74) is 3.75. The molecule has 0 aliphatic heterocycles. The molecule has 0 amide bonds. The Kier molecular flexibility index (Phi) is 3.65. The number of benzene rings is 1. The largest absolute Gasteiger partial charge is 0.363 e. The average molecular weight is 279 g/mol. The second kappa shape index (κ2) is 5.60. The monoisotopic (exact) mass is 279 g/mol. The first-order chi connectivity index (χ1) is 10.2. The van der Waals surface area contributed by atoms with Crippen molar-refractivity contribution < 1.29 is 0 Å². The van der Waals surface area contributed by atoms with E-state index in [4.69, 9.17) is 0 Å². The highest BCUT2D eigenvalue weighted by atomic mass is 15.0. The van der Waals surface area contributed by atoms with Crippen LogP contribution in [0.4, 0.5) is 5.82 Å². The Hall–Kier alpha value is -2.29. The summed E-state index contributed by atoms with van der Waals surface area (Å²) in [6.45, 7) is 6.62. The number of aryl methyl sites for hydroxylation is 1. The van der Waals surface area contributed by atoms with Crippen LogP contribution in [0.3, 0.4) is 0 Å². The van der Waals surface area contributed by atoms with E-state index in [0.717, 1.165) is 5.82 Å². The van der Waals surface area contributed by atoms with E-state index in [1.54, 1.807) is 0 Å². The lowest BCUT2D eigenvalue weighted by molar-refractivity contribution is 0.545. The second-order valence-electron chi connectivity index (χ2n) is 5.79. The molecule has 3 aromatic rings. The van der Waals surface area contributed by atoms with E-state index in [0.29, 0.717) is 5.92 Å². The number of nitrogens with zero attached hydrogens (tertiary/aromatic N) is 1. The van der Waals surface area contributed by atoms with E-state index >= 15 is 0 Å². The molecule has 21 heavy (non-hydrogen) atoms. The van der Waals surface area contributed by atoms with Crippen molar-refractivity contribution in [3.8, 4) is 0 Å². The van der Waals surface area contributed by atoms with Crippen molar-refractivity contribution >= 4 is 16.7 Å². The van der Waals surface area contributed by atoms with Crippen LogP contribution < -0.4 is 5.32 Å². The summed E-state index contributed by atoms with van der Waals surface area (Å²) in [6.07, 6.45) is 1.82. The van der Waals surface area contributed by atoms with E-state index in [1.807, 2.05) is 24.4 Å². The summed E-state index contributed by atoms with van der Waals surface area (Å²) in [7, 11) is 0. The van der Waals surface area contributed by atoms with Crippen molar-refractivity contribution in [2.75, 3.05) is 5.32 Å². The molecule has 2 heterocycles. The topological polar surface area (TPSA) is 40.7 Å². The van der Waals surface area contributed by atoms with Gasteiger partial charge in [0.2, 0.25) is 0 Å². The number of H-pyrrole nitrogens is 1. The van der Waals surface area contributed by atoms with Gasteiger partial charge < -0.3 is 10.3 Å². The number of nitrogens with one attached hydrogen (secondary N) is 2. The van der Waals surface area contributed by atoms with Crippen LogP contribution in [0, 0.1) is 12.8 Å². The minimum absolute atomic E-state index is 0.232. The lowest BCUT2D eigenvalue weighted by atomic mass is 9.93. The van der Waals surface area contributed by atoms with Crippen LogP contribution >= 0.6 is 0 Å². The summed E-state index contributed by atoms with van der Waals surface area (Å²) < 4.78 is 0. The van der Waals surface area contributed by atoms with Gasteiger partial charge in [-0.05, 0) is 31.0 Å². The molecule has 0 saturated heterocycles. The third-order valence-corrected chi connectivity index (χ3v) is 3.89. The minimum Gasteiger partial charge on any atom is -0.363 e. The van der Waals surface area contributed by atoms with Gasteiger partial charge in [0.15, 0.2) is 0 Å². The Bertz CT molecular complexity index is 729. The molecular weight excluding hydrogens is 258 g/mol. The standard InChI is InChI=1S/C18H21N3/c1-12(2)18(21-16-10-6-7-11-19-16)17-13(3)20-15-9-5-4-8-14(15)17/h4-12,18,20H,1-3H3,(H,19,21). The van der Waals surface area contributed by atoms with E-state index in [-0.39, 0.29) is 6.04 Å². The predicted octanol–water partition coefficient (Wildman–Crippen LogP) is 4.68. The molecule has 1 atom stereocenters. The van der Waals surface area contributed by atoms with Gasteiger partial charge in [0.25, 0.3) is 0 Å². The number of hydrogen-bond acceptors (Lipinski definition) is 2. The van der Waals surface area contributed by atoms with Crippen molar-refractivity contribution in [3.05, 3.63) is 59.9 Å². The Morgan fingerprint density at radius 2 is 1.81 bits per heavy atom. The quantitative estimate of drug-likeness (QED) is 0.728. The van der Waals surface area contributed by atoms with Crippen LogP contribution in [-0.4, -0.2) is 9.97 Å². The zero-order valence-corrected chi connectivity index (χ0v) is 12.7. The van der Waals surface area contributed by atoms with Crippen LogP contribution in [-0.2, 0) is 0 Å². The maximum Gasteiger partial charge on any atom is 0.126 e. The molecule has 1 unspecified atom stereocenters. The molecule has 0 spiro atoms. The third kappa shape index (κ3) is 2.64. The summed E-state index contributed by atoms with van der Waals surface area (Å²) in [5.74, 6) is 1.38. The van der Waals surface area contributed by atoms with Crippen LogP contribution in [0.5, 0.6) is 0 Å². The van der Waals surface area contributed by atoms with E-state index in [9.17, 15) is 0 Å². The fourth-order valence-electron chi connectivity index (χ4n) is 2.88. The van der Waals surface area contributed by atoms with Crippen molar-refractivity contribution in [3.63, 3.8) is 0 Å². The fourth-order valence-corrected chi connectivity index (χ4v) is 2.88. The Morgan fingerprint density at radius 3 is 2.52 bits per heavy atom. The Balaban J connectivity index is 2.06. The number of aromatic nitrogens is 2. The normalized spacial score (nSPS) is 12.8. The van der Waals surface area contributed by atoms with E-state index in [1.165, 1.54) is 22.2 Å². The number of fused-ring (bicyclic) bond motifs is 1. The van der Waals surface area contributed by atoms with Gasteiger partial charge in [0.05, 0.1) is 6.04 Å². The fraction of sp³-hybridized carbons (Fsp3) is 0.278. The average Bonchev–Trinajstić information content (AvgIpc) is 2.81. The molecule has 3 rings (SSSR count). The Morgan fingerprint density at radius 1 is 1.05 bits per heavy atom. The number of pyridine rings is 1. The number of para-hydroxylation sites is 1. The van der Waals surface area contributed by atoms with Crippen molar-refractivity contribution in [1.82, 2.24) is 9.97 Å². The predicted molar refractivity (Wildman–Crippen MR) is 88.5 cm³/mol. The Labute approximate surface area is 125 Å². The van der Waals surface area contributed by atoms with Gasteiger partial charge in [-0.2, -0.15) is 0 Å². The second-order valence-corrected chi connectivity index (χ2v) is 5.79. The van der Waals surface area contributed by atoms with Crippen LogP contribution in [0.25, 0.3) is 10.9 Å². The first-order valence-electron chi connectivity index (χ1n) is 7.41. The lowest BCUT2D eigenvalue weighted by Gasteiger charge is -2.24. The van der Waals surface area contributed by atoms with Crippen molar-refractivity contribution in [1.29, 1.82) is 0 Å². The van der Waals surface area contributed by atoms with Gasteiger partial charge in [0.1, 0.15) is 5.82 Å². The number of anilines is 1. The smallest absolute Gasteiger partial charge is 0.126 e. The molecule has 2 N–H and O–H groups in total. The molecule has 2 aromatic heterocycles. The molecule has 0 radical (unpaired) electrons. The summed E-state index contributed by atoms with van der Waals surface area (Å²) in [4.78, 5) is 7.89. The molecule has 0 aliphatic rings. The van der Waals surface area contributed by atoms with Gasteiger partial charge in [-0.15, -0.1) is 0 Å². The highest BCUT2D eigenvalue weighted by Gasteiger charge is 2.22. The van der Waals surface area contributed by atoms with Crippen LogP contribution in [0.2, 0.25) is 0 Å². The molecule has 0 saturated carbocycles. The van der Waals surface area contributed by atoms with Crippen LogP contribution in [0.15, 0.2) is 48.7 Å². The maximum atomic E-state index is 4.40. The zero-order valence-electron chi connectivity index (χ0n) is 12.7. The van der Waals surface area contributed by atoms with E-state index < -0.39 is 0 Å². The molecule has 0 aliphatic carbocycles. The van der Waals surface area contributed by atoms with Gasteiger partial charge in [-0.3, -0.25) is 0 Å². The highest BCUT2D eigenvalue weighted by Crippen LogP contribution is 2.33. The first-order valence-corrected chi connectivity index (χ1v) is 7.41. The van der Waals surface area contributed by atoms with Crippen molar-refractivity contribution in [2.45, 2.75) is 26.8 Å². The number of aromatic amines is 1. The number of hydrogen-bond donors (Lipinski definition) is 2.